The van der Waals surface area contributed by atoms with E-state index in [9.17, 15) is 9.59 Å². The Kier molecular flexibility index (Phi) is 4.90. The molecule has 1 aliphatic rings. The number of aromatic nitrogens is 5. The lowest BCUT2D eigenvalue weighted by Gasteiger charge is -2.19. The number of carbonyl (C=O) groups is 1. The zero-order chi connectivity index (χ0) is 19.7. The molecule has 0 N–H and O–H groups in total. The van der Waals surface area contributed by atoms with Gasteiger partial charge in [-0.2, -0.15) is 10.2 Å². The van der Waals surface area contributed by atoms with Gasteiger partial charge in [0.25, 0.3) is 5.56 Å². The van der Waals surface area contributed by atoms with Crippen molar-refractivity contribution in [3.05, 3.63) is 64.0 Å². The van der Waals surface area contributed by atoms with Gasteiger partial charge in [-0.3, -0.25) is 9.59 Å². The van der Waals surface area contributed by atoms with Crippen molar-refractivity contribution in [2.75, 3.05) is 0 Å². The molecule has 0 fully saturated rings. The van der Waals surface area contributed by atoms with Gasteiger partial charge in [0.2, 0.25) is 0 Å². The van der Waals surface area contributed by atoms with Crippen LogP contribution < -0.4 is 5.56 Å². The number of rotatable bonds is 5. The number of hydrogen-bond donors (Lipinski definition) is 0. The van der Waals surface area contributed by atoms with E-state index >= 15 is 0 Å². The van der Waals surface area contributed by atoms with Gasteiger partial charge in [0, 0.05) is 18.7 Å². The molecule has 3 aromatic heterocycles. The average Bonchev–Trinajstić information content (AvgIpc) is 3.12. The van der Waals surface area contributed by atoms with Crippen molar-refractivity contribution in [3.63, 3.8) is 0 Å². The SMILES string of the molecule is Cc1cc(=O)n(CC(=O)Cc2ccn3ncnc3c2)nc1C1=CCC(C)CC1. The average molecular weight is 377 g/mol. The maximum Gasteiger partial charge on any atom is 0.267 e. The second-order valence-electron chi connectivity index (χ2n) is 7.59. The van der Waals surface area contributed by atoms with E-state index in [1.165, 1.54) is 16.6 Å². The Hall–Kier alpha value is -3.09. The summed E-state index contributed by atoms with van der Waals surface area (Å²) in [5.74, 6) is 0.610. The highest BCUT2D eigenvalue weighted by atomic mass is 16.1. The van der Waals surface area contributed by atoms with Crippen LogP contribution in [-0.2, 0) is 17.8 Å². The van der Waals surface area contributed by atoms with Gasteiger partial charge < -0.3 is 0 Å². The number of carbonyl (C=O) groups excluding carboxylic acids is 1. The Balaban J connectivity index is 1.54. The molecule has 0 saturated heterocycles. The molecule has 0 aliphatic heterocycles. The maximum absolute atomic E-state index is 12.6. The van der Waals surface area contributed by atoms with Gasteiger partial charge in [-0.05, 0) is 60.9 Å². The number of ketones is 1. The second kappa shape index (κ2) is 7.50. The third kappa shape index (κ3) is 3.78. The minimum absolute atomic E-state index is 0.0341. The van der Waals surface area contributed by atoms with Crippen LogP contribution in [0.3, 0.4) is 0 Å². The summed E-state index contributed by atoms with van der Waals surface area (Å²) in [6, 6.07) is 5.25. The molecule has 0 saturated carbocycles. The Bertz CT molecular complexity index is 1130. The Morgan fingerprint density at radius 3 is 2.96 bits per heavy atom. The van der Waals surface area contributed by atoms with Crippen LogP contribution in [0.1, 0.15) is 43.0 Å². The quantitative estimate of drug-likeness (QED) is 0.683. The molecule has 7 nitrogen and oxygen atoms in total. The van der Waals surface area contributed by atoms with Crippen molar-refractivity contribution in [2.45, 2.75) is 46.1 Å². The van der Waals surface area contributed by atoms with Crippen LogP contribution >= 0.6 is 0 Å². The zero-order valence-corrected chi connectivity index (χ0v) is 16.1. The number of fused-ring (bicyclic) bond motifs is 1. The molecular formula is C21H23N5O2. The lowest BCUT2D eigenvalue weighted by Crippen LogP contribution is -2.28. The third-order valence-corrected chi connectivity index (χ3v) is 5.24. The summed E-state index contributed by atoms with van der Waals surface area (Å²) in [7, 11) is 0. The van der Waals surface area contributed by atoms with E-state index in [0.29, 0.717) is 11.6 Å². The molecule has 0 aromatic carbocycles. The molecule has 1 unspecified atom stereocenters. The molecule has 1 aliphatic carbocycles. The fraction of sp³-hybridized carbons (Fsp3) is 0.381. The zero-order valence-electron chi connectivity index (χ0n) is 16.1. The number of pyridine rings is 1. The second-order valence-corrected chi connectivity index (χ2v) is 7.59. The first kappa shape index (κ1) is 18.3. The van der Waals surface area contributed by atoms with E-state index in [-0.39, 0.29) is 24.3 Å². The monoisotopic (exact) mass is 377 g/mol. The number of Topliss-reactive ketones (excluding diaryl/α,β-unsaturated/α-hetero) is 1. The van der Waals surface area contributed by atoms with Gasteiger partial charge >= 0.3 is 0 Å². The van der Waals surface area contributed by atoms with Crippen molar-refractivity contribution < 1.29 is 4.79 Å². The predicted molar refractivity (Wildman–Crippen MR) is 106 cm³/mol. The molecular weight excluding hydrogens is 354 g/mol. The summed E-state index contributed by atoms with van der Waals surface area (Å²) < 4.78 is 2.93. The summed E-state index contributed by atoms with van der Waals surface area (Å²) in [6.07, 6.45) is 8.79. The summed E-state index contributed by atoms with van der Waals surface area (Å²) in [6.45, 7) is 4.11. The molecule has 0 radical (unpaired) electrons. The fourth-order valence-electron chi connectivity index (χ4n) is 3.61. The van der Waals surface area contributed by atoms with Gasteiger partial charge in [-0.1, -0.05) is 13.0 Å². The normalized spacial score (nSPS) is 16.9. The number of allylic oxidation sites excluding steroid dienone is 2. The van der Waals surface area contributed by atoms with Crippen LogP contribution in [0.5, 0.6) is 0 Å². The first-order chi connectivity index (χ1) is 13.5. The predicted octanol–water partition coefficient (Wildman–Crippen LogP) is 2.61. The van der Waals surface area contributed by atoms with Crippen LogP contribution in [0.25, 0.3) is 11.2 Å². The summed E-state index contributed by atoms with van der Waals surface area (Å²) in [5, 5.41) is 8.58. The highest BCUT2D eigenvalue weighted by Crippen LogP contribution is 2.29. The Morgan fingerprint density at radius 2 is 2.18 bits per heavy atom. The van der Waals surface area contributed by atoms with Crippen LogP contribution in [0.2, 0.25) is 0 Å². The highest BCUT2D eigenvalue weighted by Gasteiger charge is 2.17. The highest BCUT2D eigenvalue weighted by molar-refractivity contribution is 5.80. The number of hydrogen-bond acceptors (Lipinski definition) is 5. The van der Waals surface area contributed by atoms with E-state index in [4.69, 9.17) is 0 Å². The van der Waals surface area contributed by atoms with Gasteiger partial charge in [0.15, 0.2) is 11.4 Å². The standard InChI is InChI=1S/C21H23N5O2/c1-14-3-5-17(6-4-14)21-15(2)9-20(28)26(24-21)12-18(27)10-16-7-8-25-19(11-16)22-13-23-25/h5,7-9,11,13-14H,3-4,6,10,12H2,1-2H3. The van der Waals surface area contributed by atoms with Gasteiger partial charge in [0.05, 0.1) is 5.69 Å². The van der Waals surface area contributed by atoms with Crippen LogP contribution in [0.15, 0.2) is 41.6 Å². The molecule has 144 valence electrons. The van der Waals surface area contributed by atoms with Crippen LogP contribution in [-0.4, -0.2) is 30.2 Å². The topological polar surface area (TPSA) is 82.2 Å². The van der Waals surface area contributed by atoms with Crippen LogP contribution in [0, 0.1) is 12.8 Å². The van der Waals surface area contributed by atoms with E-state index < -0.39 is 0 Å². The lowest BCUT2D eigenvalue weighted by molar-refractivity contribution is -0.119. The van der Waals surface area contributed by atoms with E-state index in [0.717, 1.165) is 36.1 Å². The molecule has 4 rings (SSSR count). The van der Waals surface area contributed by atoms with Crippen molar-refractivity contribution in [1.82, 2.24) is 24.4 Å². The van der Waals surface area contributed by atoms with E-state index in [1.807, 2.05) is 19.1 Å². The minimum Gasteiger partial charge on any atom is -0.297 e. The molecule has 3 aromatic rings. The Morgan fingerprint density at radius 1 is 1.32 bits per heavy atom. The smallest absolute Gasteiger partial charge is 0.267 e. The Labute approximate surface area is 162 Å². The van der Waals surface area contributed by atoms with Crippen LogP contribution in [0.4, 0.5) is 0 Å². The first-order valence-electron chi connectivity index (χ1n) is 9.58. The largest absolute Gasteiger partial charge is 0.297 e. The lowest BCUT2D eigenvalue weighted by atomic mass is 9.88. The van der Waals surface area contributed by atoms with Gasteiger partial charge in [-0.15, -0.1) is 0 Å². The van der Waals surface area contributed by atoms with Crippen molar-refractivity contribution in [3.8, 4) is 0 Å². The minimum atomic E-state index is -0.243. The molecule has 0 bridgehead atoms. The third-order valence-electron chi connectivity index (χ3n) is 5.24. The summed E-state index contributed by atoms with van der Waals surface area (Å²) in [4.78, 5) is 29.1. The number of aryl methyl sites for hydroxylation is 1. The van der Waals surface area contributed by atoms with Gasteiger partial charge in [0.1, 0.15) is 12.9 Å². The molecule has 7 heteroatoms. The van der Waals surface area contributed by atoms with Crippen molar-refractivity contribution in [2.24, 2.45) is 5.92 Å². The molecule has 28 heavy (non-hydrogen) atoms. The van der Waals surface area contributed by atoms with Gasteiger partial charge in [-0.25, -0.2) is 14.2 Å². The summed E-state index contributed by atoms with van der Waals surface area (Å²) in [5.41, 5.74) is 4.17. The summed E-state index contributed by atoms with van der Waals surface area (Å²) >= 11 is 0. The molecule has 0 amide bonds. The van der Waals surface area contributed by atoms with E-state index in [2.05, 4.69) is 28.2 Å². The molecule has 3 heterocycles. The maximum atomic E-state index is 12.6. The fourth-order valence-corrected chi connectivity index (χ4v) is 3.61. The first-order valence-corrected chi connectivity index (χ1v) is 9.58. The molecule has 0 spiro atoms. The van der Waals surface area contributed by atoms with E-state index in [1.54, 1.807) is 16.8 Å². The molecule has 1 atom stereocenters. The van der Waals surface area contributed by atoms with Crippen molar-refractivity contribution in [1.29, 1.82) is 0 Å². The number of nitrogens with zero attached hydrogens (tertiary/aromatic N) is 5. The van der Waals surface area contributed by atoms with Crippen molar-refractivity contribution >= 4 is 17.0 Å².